The Morgan fingerprint density at radius 3 is 2.67 bits per heavy atom. The lowest BCUT2D eigenvalue weighted by atomic mass is 9.90. The van der Waals surface area contributed by atoms with Gasteiger partial charge in [-0.3, -0.25) is 10.1 Å². The van der Waals surface area contributed by atoms with Crippen molar-refractivity contribution < 1.29 is 4.79 Å². The number of carbonyl (C=O) groups excluding carboxylic acids is 1. The lowest BCUT2D eigenvalue weighted by molar-refractivity contribution is -0.119. The van der Waals surface area contributed by atoms with E-state index in [9.17, 15) is 10.1 Å². The first-order valence-electron chi connectivity index (χ1n) is 7.99. The minimum atomic E-state index is -0.789. The first-order valence-corrected chi connectivity index (χ1v) is 7.99. The molecule has 0 saturated heterocycles. The van der Waals surface area contributed by atoms with E-state index < -0.39 is 5.92 Å². The summed E-state index contributed by atoms with van der Waals surface area (Å²) in [7, 11) is 0. The normalized spacial score (nSPS) is 19.6. The van der Waals surface area contributed by atoms with Crippen molar-refractivity contribution in [3.05, 3.63) is 59.7 Å². The summed E-state index contributed by atoms with van der Waals surface area (Å²) in [5.74, 6) is -0.593. The number of rotatable bonds is 2. The molecule has 2 atom stereocenters. The summed E-state index contributed by atoms with van der Waals surface area (Å²) in [6.45, 7) is 2.10. The number of hydrogen-bond acceptors (Lipinski definition) is 3. The Balaban J connectivity index is 1.95. The molecule has 0 fully saturated rings. The maximum Gasteiger partial charge on any atom is 0.246 e. The first kappa shape index (κ1) is 14.5. The summed E-state index contributed by atoms with van der Waals surface area (Å²) in [6, 6.07) is 17.6. The van der Waals surface area contributed by atoms with Gasteiger partial charge < -0.3 is 4.57 Å². The van der Waals surface area contributed by atoms with Gasteiger partial charge in [-0.25, -0.2) is 4.98 Å². The predicted octanol–water partition coefficient (Wildman–Crippen LogP) is 3.28. The van der Waals surface area contributed by atoms with Crippen LogP contribution >= 0.6 is 0 Å². The van der Waals surface area contributed by atoms with E-state index in [4.69, 9.17) is 0 Å². The maximum absolute atomic E-state index is 12.4. The molecule has 0 radical (unpaired) electrons. The molecule has 0 unspecified atom stereocenters. The molecule has 2 heterocycles. The molecule has 3 aromatic rings. The minimum Gasteiger partial charge on any atom is -0.300 e. The van der Waals surface area contributed by atoms with Crippen LogP contribution in [0.5, 0.6) is 0 Å². The number of aryl methyl sites for hydroxylation is 1. The van der Waals surface area contributed by atoms with Crippen LogP contribution in [0, 0.1) is 17.2 Å². The first-order chi connectivity index (χ1) is 11.7. The van der Waals surface area contributed by atoms with Crippen molar-refractivity contribution in [2.24, 2.45) is 5.92 Å². The average Bonchev–Trinajstić information content (AvgIpc) is 2.98. The van der Waals surface area contributed by atoms with Crippen molar-refractivity contribution in [1.29, 1.82) is 5.26 Å². The molecule has 5 nitrogen and oxygen atoms in total. The molecule has 24 heavy (non-hydrogen) atoms. The Labute approximate surface area is 139 Å². The van der Waals surface area contributed by atoms with Gasteiger partial charge in [0, 0.05) is 0 Å². The van der Waals surface area contributed by atoms with Crippen molar-refractivity contribution in [1.82, 2.24) is 9.55 Å². The highest BCUT2D eigenvalue weighted by Gasteiger charge is 2.38. The lowest BCUT2D eigenvalue weighted by Crippen LogP contribution is -2.37. The van der Waals surface area contributed by atoms with Crippen molar-refractivity contribution in [3.8, 4) is 6.07 Å². The number of aromatic nitrogens is 2. The van der Waals surface area contributed by atoms with E-state index in [1.54, 1.807) is 0 Å². The monoisotopic (exact) mass is 316 g/mol. The van der Waals surface area contributed by atoms with E-state index in [0.29, 0.717) is 5.95 Å². The molecule has 1 aliphatic heterocycles. The molecule has 1 amide bonds. The number of nitriles is 1. The third kappa shape index (κ3) is 2.08. The van der Waals surface area contributed by atoms with E-state index in [1.165, 1.54) is 5.56 Å². The van der Waals surface area contributed by atoms with Gasteiger partial charge in [-0.1, -0.05) is 43.3 Å². The zero-order valence-corrected chi connectivity index (χ0v) is 13.2. The standard InChI is InChI=1S/C19H16N4O/c1-2-12-7-9-13(10-8-12)17-14(11-20)18(24)22-19-21-15-5-3-4-6-16(15)23(17)19/h3-10,14,17H,2H2,1H3,(H,21,22,24)/t14-,17-/m1/s1. The summed E-state index contributed by atoms with van der Waals surface area (Å²) < 4.78 is 1.96. The van der Waals surface area contributed by atoms with Crippen LogP contribution in [-0.2, 0) is 11.2 Å². The minimum absolute atomic E-state index is 0.301. The third-order valence-electron chi connectivity index (χ3n) is 4.58. The number of fused-ring (bicyclic) bond motifs is 3. The van der Waals surface area contributed by atoms with Gasteiger partial charge >= 0.3 is 0 Å². The molecule has 1 N–H and O–H groups in total. The third-order valence-corrected chi connectivity index (χ3v) is 4.58. The largest absolute Gasteiger partial charge is 0.300 e. The number of benzene rings is 2. The molecule has 0 aliphatic carbocycles. The summed E-state index contributed by atoms with van der Waals surface area (Å²) in [4.78, 5) is 16.9. The molecule has 2 aromatic carbocycles. The second-order valence-corrected chi connectivity index (χ2v) is 5.93. The molecule has 1 aliphatic rings. The van der Waals surface area contributed by atoms with Gasteiger partial charge in [0.15, 0.2) is 5.92 Å². The highest BCUT2D eigenvalue weighted by Crippen LogP contribution is 2.37. The summed E-state index contributed by atoms with van der Waals surface area (Å²) in [5, 5.41) is 12.3. The van der Waals surface area contributed by atoms with Gasteiger partial charge in [-0.2, -0.15) is 5.26 Å². The number of para-hydroxylation sites is 2. The molecule has 0 bridgehead atoms. The maximum atomic E-state index is 12.4. The molecule has 0 saturated carbocycles. The van der Waals surface area contributed by atoms with Gasteiger partial charge in [0.1, 0.15) is 0 Å². The Morgan fingerprint density at radius 1 is 1.21 bits per heavy atom. The second kappa shape index (κ2) is 5.50. The molecular weight excluding hydrogens is 300 g/mol. The quantitative estimate of drug-likeness (QED) is 0.788. The topological polar surface area (TPSA) is 70.7 Å². The second-order valence-electron chi connectivity index (χ2n) is 5.93. The van der Waals surface area contributed by atoms with Crippen molar-refractivity contribution in [3.63, 3.8) is 0 Å². The van der Waals surface area contributed by atoms with Crippen LogP contribution in [0.2, 0.25) is 0 Å². The van der Waals surface area contributed by atoms with E-state index in [-0.39, 0.29) is 11.9 Å². The van der Waals surface area contributed by atoms with Gasteiger partial charge in [0.05, 0.1) is 23.1 Å². The fraction of sp³-hybridized carbons (Fsp3) is 0.211. The van der Waals surface area contributed by atoms with Gasteiger partial charge in [0.2, 0.25) is 11.9 Å². The average molecular weight is 316 g/mol. The number of imidazole rings is 1. The Bertz CT molecular complexity index is 965. The molecule has 118 valence electrons. The van der Waals surface area contributed by atoms with Gasteiger partial charge in [0.25, 0.3) is 0 Å². The number of anilines is 1. The van der Waals surface area contributed by atoms with Crippen LogP contribution in [0.4, 0.5) is 5.95 Å². The van der Waals surface area contributed by atoms with E-state index in [2.05, 4.69) is 35.4 Å². The van der Waals surface area contributed by atoms with Gasteiger partial charge in [-0.05, 0) is 29.7 Å². The zero-order chi connectivity index (χ0) is 16.7. The van der Waals surface area contributed by atoms with Crippen LogP contribution < -0.4 is 5.32 Å². The molecule has 0 spiro atoms. The predicted molar refractivity (Wildman–Crippen MR) is 91.4 cm³/mol. The highest BCUT2D eigenvalue weighted by molar-refractivity contribution is 5.97. The van der Waals surface area contributed by atoms with Crippen molar-refractivity contribution in [2.45, 2.75) is 19.4 Å². The van der Waals surface area contributed by atoms with Crippen LogP contribution in [-0.4, -0.2) is 15.5 Å². The number of nitrogens with zero attached hydrogens (tertiary/aromatic N) is 3. The SMILES string of the molecule is CCc1ccc([C@@H]2[C@@H](C#N)C(=O)Nc3nc4ccccc4n32)cc1. The Kier molecular flexibility index (Phi) is 3.31. The fourth-order valence-electron chi connectivity index (χ4n) is 3.32. The number of amides is 1. The summed E-state index contributed by atoms with van der Waals surface area (Å²) in [5.41, 5.74) is 3.89. The number of carbonyl (C=O) groups is 1. The van der Waals surface area contributed by atoms with Crippen LogP contribution in [0.25, 0.3) is 11.0 Å². The van der Waals surface area contributed by atoms with E-state index in [0.717, 1.165) is 23.0 Å². The number of hydrogen-bond donors (Lipinski definition) is 1. The fourth-order valence-corrected chi connectivity index (χ4v) is 3.32. The molecular formula is C19H16N4O. The smallest absolute Gasteiger partial charge is 0.246 e. The van der Waals surface area contributed by atoms with E-state index >= 15 is 0 Å². The van der Waals surface area contributed by atoms with Crippen LogP contribution in [0.15, 0.2) is 48.5 Å². The molecule has 5 heteroatoms. The van der Waals surface area contributed by atoms with Crippen LogP contribution in [0.1, 0.15) is 24.1 Å². The van der Waals surface area contributed by atoms with Gasteiger partial charge in [-0.15, -0.1) is 0 Å². The zero-order valence-electron chi connectivity index (χ0n) is 13.2. The molecule has 1 aromatic heterocycles. The van der Waals surface area contributed by atoms with Crippen LogP contribution in [0.3, 0.4) is 0 Å². The lowest BCUT2D eigenvalue weighted by Gasteiger charge is -2.30. The van der Waals surface area contributed by atoms with Crippen molar-refractivity contribution in [2.75, 3.05) is 5.32 Å². The summed E-state index contributed by atoms with van der Waals surface area (Å²) >= 11 is 0. The Hall–Kier alpha value is -3.13. The molecule has 4 rings (SSSR count). The summed E-state index contributed by atoms with van der Waals surface area (Å²) in [6.07, 6.45) is 0.951. The van der Waals surface area contributed by atoms with Crippen molar-refractivity contribution >= 4 is 22.9 Å². The van der Waals surface area contributed by atoms with E-state index in [1.807, 2.05) is 41.0 Å². The number of nitrogens with one attached hydrogen (secondary N) is 1. The Morgan fingerprint density at radius 2 is 1.96 bits per heavy atom. The highest BCUT2D eigenvalue weighted by atomic mass is 16.2.